The SMILES string of the molecule is CC(C)(C)OC(=O)n1c(-c2ccc(Br)cc2)cnc1N. The van der Waals surface area contributed by atoms with Gasteiger partial charge >= 0.3 is 6.09 Å². The van der Waals surface area contributed by atoms with Gasteiger partial charge in [-0.1, -0.05) is 28.1 Å². The fraction of sp³-hybridized carbons (Fsp3) is 0.286. The van der Waals surface area contributed by atoms with Gasteiger partial charge in [0.15, 0.2) is 0 Å². The second-order valence-electron chi connectivity index (χ2n) is 5.32. The minimum Gasteiger partial charge on any atom is -0.443 e. The van der Waals surface area contributed by atoms with Gasteiger partial charge in [0.2, 0.25) is 5.95 Å². The first kappa shape index (κ1) is 14.6. The Labute approximate surface area is 125 Å². The molecule has 2 N–H and O–H groups in total. The molecule has 6 heteroatoms. The molecule has 0 fully saturated rings. The van der Waals surface area contributed by atoms with Crippen molar-refractivity contribution in [2.75, 3.05) is 5.73 Å². The van der Waals surface area contributed by atoms with Crippen molar-refractivity contribution in [3.63, 3.8) is 0 Å². The maximum Gasteiger partial charge on any atom is 0.421 e. The number of benzene rings is 1. The summed E-state index contributed by atoms with van der Waals surface area (Å²) in [5, 5.41) is 0. The van der Waals surface area contributed by atoms with Gasteiger partial charge in [-0.15, -0.1) is 0 Å². The molecule has 0 saturated heterocycles. The van der Waals surface area contributed by atoms with E-state index >= 15 is 0 Å². The van der Waals surface area contributed by atoms with Gasteiger partial charge in [-0.25, -0.2) is 14.3 Å². The first-order valence-electron chi connectivity index (χ1n) is 6.10. The molecule has 0 aliphatic heterocycles. The summed E-state index contributed by atoms with van der Waals surface area (Å²) in [5.74, 6) is 0.108. The van der Waals surface area contributed by atoms with Crippen LogP contribution in [-0.2, 0) is 4.74 Å². The average Bonchev–Trinajstić information content (AvgIpc) is 2.70. The van der Waals surface area contributed by atoms with Crippen molar-refractivity contribution < 1.29 is 9.53 Å². The fourth-order valence-corrected chi connectivity index (χ4v) is 1.95. The van der Waals surface area contributed by atoms with E-state index in [2.05, 4.69) is 20.9 Å². The topological polar surface area (TPSA) is 70.1 Å². The standard InChI is InChI=1S/C14H16BrN3O2/c1-14(2,3)20-13(19)18-11(8-17-12(18)16)9-4-6-10(15)7-5-9/h4-8H,1-3H3,(H2,16,17). The van der Waals surface area contributed by atoms with Gasteiger partial charge in [0.05, 0.1) is 11.9 Å². The van der Waals surface area contributed by atoms with Crippen molar-refractivity contribution in [2.45, 2.75) is 26.4 Å². The number of rotatable bonds is 1. The second-order valence-corrected chi connectivity index (χ2v) is 6.24. The zero-order valence-corrected chi connectivity index (χ0v) is 13.1. The second kappa shape index (κ2) is 5.28. The molecule has 1 aromatic carbocycles. The lowest BCUT2D eigenvalue weighted by molar-refractivity contribution is 0.0543. The van der Waals surface area contributed by atoms with Crippen LogP contribution < -0.4 is 5.73 Å². The summed E-state index contributed by atoms with van der Waals surface area (Å²) in [6, 6.07) is 7.53. The Balaban J connectivity index is 2.42. The smallest absolute Gasteiger partial charge is 0.421 e. The Morgan fingerprint density at radius 1 is 1.30 bits per heavy atom. The van der Waals surface area contributed by atoms with Gasteiger partial charge in [-0.05, 0) is 32.9 Å². The molecule has 106 valence electrons. The molecule has 2 aromatic rings. The number of ether oxygens (including phenoxy) is 1. The number of hydrogen-bond donors (Lipinski definition) is 1. The predicted molar refractivity (Wildman–Crippen MR) is 81.4 cm³/mol. The zero-order valence-electron chi connectivity index (χ0n) is 11.6. The lowest BCUT2D eigenvalue weighted by Gasteiger charge is -2.20. The van der Waals surface area contributed by atoms with Crippen LogP contribution in [0.5, 0.6) is 0 Å². The third-order valence-electron chi connectivity index (χ3n) is 2.51. The molecule has 0 unspecified atom stereocenters. The molecule has 5 nitrogen and oxygen atoms in total. The summed E-state index contributed by atoms with van der Waals surface area (Å²) < 4.78 is 7.57. The maximum absolute atomic E-state index is 12.2. The third kappa shape index (κ3) is 3.19. The number of nitrogens with zero attached hydrogens (tertiary/aromatic N) is 2. The van der Waals surface area contributed by atoms with Crippen molar-refractivity contribution in [1.82, 2.24) is 9.55 Å². The number of carbonyl (C=O) groups is 1. The van der Waals surface area contributed by atoms with E-state index in [1.807, 2.05) is 24.3 Å². The Morgan fingerprint density at radius 3 is 2.45 bits per heavy atom. The molecular formula is C14H16BrN3O2. The van der Waals surface area contributed by atoms with Gasteiger partial charge in [0.1, 0.15) is 5.60 Å². The Morgan fingerprint density at radius 2 is 1.90 bits per heavy atom. The number of nitrogen functional groups attached to an aromatic ring is 1. The molecule has 0 amide bonds. The molecule has 0 bridgehead atoms. The van der Waals surface area contributed by atoms with Crippen LogP contribution in [-0.4, -0.2) is 21.2 Å². The lowest BCUT2D eigenvalue weighted by Crippen LogP contribution is -2.28. The van der Waals surface area contributed by atoms with Crippen molar-refractivity contribution in [3.8, 4) is 11.3 Å². The number of hydrogen-bond acceptors (Lipinski definition) is 4. The molecule has 20 heavy (non-hydrogen) atoms. The van der Waals surface area contributed by atoms with Crippen LogP contribution in [0.2, 0.25) is 0 Å². The van der Waals surface area contributed by atoms with Gasteiger partial charge < -0.3 is 10.5 Å². The zero-order chi connectivity index (χ0) is 14.9. The van der Waals surface area contributed by atoms with Gasteiger partial charge in [-0.2, -0.15) is 0 Å². The normalized spacial score (nSPS) is 11.4. The highest BCUT2D eigenvalue weighted by atomic mass is 79.9. The van der Waals surface area contributed by atoms with Crippen molar-refractivity contribution in [2.24, 2.45) is 0 Å². The Bertz CT molecular complexity index is 627. The van der Waals surface area contributed by atoms with E-state index in [9.17, 15) is 4.79 Å². The van der Waals surface area contributed by atoms with Crippen LogP contribution in [0.25, 0.3) is 11.3 Å². The summed E-state index contributed by atoms with van der Waals surface area (Å²) >= 11 is 3.37. The number of carbonyl (C=O) groups excluding carboxylic acids is 1. The molecule has 0 radical (unpaired) electrons. The fourth-order valence-electron chi connectivity index (χ4n) is 1.69. The van der Waals surface area contributed by atoms with Gasteiger partial charge in [0.25, 0.3) is 0 Å². The van der Waals surface area contributed by atoms with Gasteiger partial charge in [-0.3, -0.25) is 0 Å². The van der Waals surface area contributed by atoms with Crippen LogP contribution >= 0.6 is 15.9 Å². The summed E-state index contributed by atoms with van der Waals surface area (Å²) in [5.41, 5.74) is 6.62. The first-order chi connectivity index (χ1) is 9.28. The van der Waals surface area contributed by atoms with Crippen LogP contribution in [0.3, 0.4) is 0 Å². The van der Waals surface area contributed by atoms with E-state index in [4.69, 9.17) is 10.5 Å². The molecule has 1 heterocycles. The molecule has 0 saturated carbocycles. The quantitative estimate of drug-likeness (QED) is 0.861. The summed E-state index contributed by atoms with van der Waals surface area (Å²) in [6.45, 7) is 5.41. The van der Waals surface area contributed by atoms with Crippen molar-refractivity contribution in [1.29, 1.82) is 0 Å². The molecular weight excluding hydrogens is 322 g/mol. The molecule has 0 spiro atoms. The monoisotopic (exact) mass is 337 g/mol. The molecule has 0 aliphatic carbocycles. The largest absolute Gasteiger partial charge is 0.443 e. The number of aromatic nitrogens is 2. The van der Waals surface area contributed by atoms with E-state index in [1.54, 1.807) is 27.0 Å². The number of anilines is 1. The van der Waals surface area contributed by atoms with Crippen LogP contribution in [0.4, 0.5) is 10.7 Å². The summed E-state index contributed by atoms with van der Waals surface area (Å²) in [4.78, 5) is 16.2. The predicted octanol–water partition coefficient (Wildman–Crippen LogP) is 3.68. The van der Waals surface area contributed by atoms with Gasteiger partial charge in [0, 0.05) is 10.0 Å². The average molecular weight is 338 g/mol. The highest BCUT2D eigenvalue weighted by molar-refractivity contribution is 9.10. The maximum atomic E-state index is 12.2. The van der Waals surface area contributed by atoms with Crippen LogP contribution in [0, 0.1) is 0 Å². The van der Waals surface area contributed by atoms with Crippen molar-refractivity contribution >= 4 is 28.0 Å². The first-order valence-corrected chi connectivity index (χ1v) is 6.90. The number of nitrogens with two attached hydrogens (primary N) is 1. The van der Waals surface area contributed by atoms with Crippen LogP contribution in [0.15, 0.2) is 34.9 Å². The third-order valence-corrected chi connectivity index (χ3v) is 3.03. The van der Waals surface area contributed by atoms with E-state index < -0.39 is 11.7 Å². The summed E-state index contributed by atoms with van der Waals surface area (Å²) in [6.07, 6.45) is 1.02. The van der Waals surface area contributed by atoms with E-state index in [0.29, 0.717) is 5.69 Å². The highest BCUT2D eigenvalue weighted by Gasteiger charge is 2.22. The molecule has 0 atom stereocenters. The highest BCUT2D eigenvalue weighted by Crippen LogP contribution is 2.25. The van der Waals surface area contributed by atoms with Crippen LogP contribution in [0.1, 0.15) is 20.8 Å². The number of imidazole rings is 1. The molecule has 0 aliphatic rings. The minimum atomic E-state index is -0.592. The van der Waals surface area contributed by atoms with E-state index in [1.165, 1.54) is 4.57 Å². The minimum absolute atomic E-state index is 0.108. The molecule has 1 aromatic heterocycles. The molecule has 2 rings (SSSR count). The number of halogens is 1. The van der Waals surface area contributed by atoms with E-state index in [-0.39, 0.29) is 5.95 Å². The Hall–Kier alpha value is -1.82. The summed E-state index contributed by atoms with van der Waals surface area (Å²) in [7, 11) is 0. The lowest BCUT2D eigenvalue weighted by atomic mass is 10.2. The van der Waals surface area contributed by atoms with E-state index in [0.717, 1.165) is 10.0 Å². The van der Waals surface area contributed by atoms with Crippen molar-refractivity contribution in [3.05, 3.63) is 34.9 Å². The Kier molecular flexibility index (Phi) is 3.85.